The van der Waals surface area contributed by atoms with E-state index in [-0.39, 0.29) is 0 Å². The highest BCUT2D eigenvalue weighted by atomic mass is 32.1. The van der Waals surface area contributed by atoms with Gasteiger partial charge in [-0.25, -0.2) is 4.98 Å². The summed E-state index contributed by atoms with van der Waals surface area (Å²) >= 11 is 1.23. The topological polar surface area (TPSA) is 50.7 Å². The number of nitrogens with zero attached hydrogens (tertiary/aromatic N) is 3. The molecule has 12 heavy (non-hydrogen) atoms. The number of hydrogen-bond donors (Lipinski definition) is 1. The standard InChI is InChI=1S/C7H6N4S/c1-4-2-9-7-6(10-12-11-7)5(4)3-8-1/h2,8H,1,3H2. The average molecular weight is 178 g/mol. The van der Waals surface area contributed by atoms with E-state index in [4.69, 9.17) is 0 Å². The first kappa shape index (κ1) is 6.45. The van der Waals surface area contributed by atoms with Gasteiger partial charge in [0, 0.05) is 24.8 Å². The number of aromatic nitrogens is 3. The summed E-state index contributed by atoms with van der Waals surface area (Å²) in [7, 11) is 0. The normalized spacial score (nSPS) is 15.3. The molecule has 1 aliphatic rings. The van der Waals surface area contributed by atoms with Gasteiger partial charge < -0.3 is 5.32 Å². The van der Waals surface area contributed by atoms with Crippen LogP contribution in [0.2, 0.25) is 0 Å². The number of fused-ring (bicyclic) bond motifs is 3. The minimum atomic E-state index is 0.780. The molecule has 2 aromatic heterocycles. The first-order valence-corrected chi connectivity index (χ1v) is 4.48. The summed E-state index contributed by atoms with van der Waals surface area (Å²) < 4.78 is 8.31. The Kier molecular flexibility index (Phi) is 1.19. The molecular formula is C7H6N4S. The van der Waals surface area contributed by atoms with Crippen LogP contribution in [-0.4, -0.2) is 13.7 Å². The first-order chi connectivity index (χ1) is 5.95. The van der Waals surface area contributed by atoms with Crippen molar-refractivity contribution in [1.29, 1.82) is 0 Å². The molecule has 3 heterocycles. The lowest BCUT2D eigenvalue weighted by Gasteiger charge is -1.94. The zero-order valence-electron chi connectivity index (χ0n) is 6.24. The summed E-state index contributed by atoms with van der Waals surface area (Å²) in [4.78, 5) is 4.21. The third-order valence-electron chi connectivity index (χ3n) is 2.10. The van der Waals surface area contributed by atoms with E-state index in [0.29, 0.717) is 0 Å². The van der Waals surface area contributed by atoms with E-state index in [2.05, 4.69) is 19.0 Å². The lowest BCUT2D eigenvalue weighted by Crippen LogP contribution is -2.00. The van der Waals surface area contributed by atoms with Crippen LogP contribution in [0.25, 0.3) is 11.2 Å². The van der Waals surface area contributed by atoms with Gasteiger partial charge in [0.05, 0.1) is 11.7 Å². The molecule has 4 nitrogen and oxygen atoms in total. The number of nitrogens with one attached hydrogen (secondary N) is 1. The summed E-state index contributed by atoms with van der Waals surface area (Å²) in [5.74, 6) is 0. The first-order valence-electron chi connectivity index (χ1n) is 3.75. The molecule has 0 spiro atoms. The Morgan fingerprint density at radius 1 is 1.33 bits per heavy atom. The fourth-order valence-corrected chi connectivity index (χ4v) is 2.02. The second kappa shape index (κ2) is 2.21. The zero-order valence-corrected chi connectivity index (χ0v) is 7.06. The summed E-state index contributed by atoms with van der Waals surface area (Å²) in [5.41, 5.74) is 4.29. The van der Waals surface area contributed by atoms with E-state index in [1.165, 1.54) is 22.9 Å². The Bertz CT molecular complexity index is 436. The summed E-state index contributed by atoms with van der Waals surface area (Å²) in [6.45, 7) is 1.82. The van der Waals surface area contributed by atoms with Gasteiger partial charge in [0.2, 0.25) is 0 Å². The Hall–Kier alpha value is -1.07. The second-order valence-corrected chi connectivity index (χ2v) is 3.33. The molecule has 0 atom stereocenters. The van der Waals surface area contributed by atoms with E-state index < -0.39 is 0 Å². The third kappa shape index (κ3) is 0.720. The van der Waals surface area contributed by atoms with Gasteiger partial charge in [-0.2, -0.15) is 8.75 Å². The van der Waals surface area contributed by atoms with Crippen molar-refractivity contribution in [2.45, 2.75) is 13.1 Å². The molecule has 0 aromatic carbocycles. The van der Waals surface area contributed by atoms with Crippen LogP contribution >= 0.6 is 11.7 Å². The predicted octanol–water partition coefficient (Wildman–Crippen LogP) is 0.689. The van der Waals surface area contributed by atoms with Crippen LogP contribution in [0.1, 0.15) is 11.1 Å². The molecule has 2 aromatic rings. The van der Waals surface area contributed by atoms with Crippen LogP contribution in [0.3, 0.4) is 0 Å². The maximum absolute atomic E-state index is 4.22. The van der Waals surface area contributed by atoms with Crippen LogP contribution in [0, 0.1) is 0 Å². The quantitative estimate of drug-likeness (QED) is 0.644. The number of hydrogen-bond acceptors (Lipinski definition) is 5. The Morgan fingerprint density at radius 3 is 3.33 bits per heavy atom. The van der Waals surface area contributed by atoms with Gasteiger partial charge in [0.1, 0.15) is 5.52 Å². The summed E-state index contributed by atoms with van der Waals surface area (Å²) in [6.07, 6.45) is 1.89. The second-order valence-electron chi connectivity index (χ2n) is 2.80. The molecule has 0 aliphatic carbocycles. The lowest BCUT2D eigenvalue weighted by atomic mass is 10.2. The van der Waals surface area contributed by atoms with Crippen LogP contribution < -0.4 is 5.32 Å². The molecule has 0 fully saturated rings. The predicted molar refractivity (Wildman–Crippen MR) is 45.8 cm³/mol. The van der Waals surface area contributed by atoms with Crippen LogP contribution in [0.5, 0.6) is 0 Å². The molecule has 0 radical (unpaired) electrons. The van der Waals surface area contributed by atoms with Gasteiger partial charge in [-0.3, -0.25) is 0 Å². The maximum atomic E-state index is 4.22. The maximum Gasteiger partial charge on any atom is 0.193 e. The molecule has 1 aliphatic heterocycles. The van der Waals surface area contributed by atoms with Crippen LogP contribution in [0.15, 0.2) is 6.20 Å². The summed E-state index contributed by atoms with van der Waals surface area (Å²) in [6, 6.07) is 0. The van der Waals surface area contributed by atoms with Gasteiger partial charge in [-0.05, 0) is 5.56 Å². The molecule has 0 bridgehead atoms. The highest BCUT2D eigenvalue weighted by Crippen LogP contribution is 2.21. The van der Waals surface area contributed by atoms with Gasteiger partial charge in [0.25, 0.3) is 0 Å². The fourth-order valence-electron chi connectivity index (χ4n) is 1.50. The third-order valence-corrected chi connectivity index (χ3v) is 2.62. The van der Waals surface area contributed by atoms with E-state index >= 15 is 0 Å². The Balaban J connectivity index is 2.46. The minimum absolute atomic E-state index is 0.780. The van der Waals surface area contributed by atoms with Crippen LogP contribution in [0.4, 0.5) is 0 Å². The van der Waals surface area contributed by atoms with Crippen molar-refractivity contribution in [3.05, 3.63) is 17.3 Å². The van der Waals surface area contributed by atoms with Crippen molar-refractivity contribution in [1.82, 2.24) is 19.0 Å². The monoisotopic (exact) mass is 178 g/mol. The van der Waals surface area contributed by atoms with Crippen LogP contribution in [-0.2, 0) is 13.1 Å². The van der Waals surface area contributed by atoms with Gasteiger partial charge >= 0.3 is 0 Å². The van der Waals surface area contributed by atoms with E-state index in [1.807, 2.05) is 6.20 Å². The highest BCUT2D eigenvalue weighted by Gasteiger charge is 2.15. The average Bonchev–Trinajstić information content (AvgIpc) is 2.71. The Labute approximate surface area is 73.0 Å². The van der Waals surface area contributed by atoms with Crippen molar-refractivity contribution in [3.63, 3.8) is 0 Å². The number of rotatable bonds is 0. The molecule has 0 saturated heterocycles. The SMILES string of the molecule is c1nc2nsnc2c2c1CNC2. The molecule has 0 amide bonds. The van der Waals surface area contributed by atoms with E-state index in [0.717, 1.165) is 24.3 Å². The molecule has 3 rings (SSSR count). The minimum Gasteiger partial charge on any atom is -0.308 e. The van der Waals surface area contributed by atoms with E-state index in [1.54, 1.807) is 0 Å². The molecule has 5 heteroatoms. The van der Waals surface area contributed by atoms with Gasteiger partial charge in [0.15, 0.2) is 5.65 Å². The molecule has 0 unspecified atom stereocenters. The van der Waals surface area contributed by atoms with Crippen molar-refractivity contribution >= 4 is 22.9 Å². The van der Waals surface area contributed by atoms with E-state index in [9.17, 15) is 0 Å². The van der Waals surface area contributed by atoms with Gasteiger partial charge in [-0.15, -0.1) is 0 Å². The lowest BCUT2D eigenvalue weighted by molar-refractivity contribution is 0.765. The highest BCUT2D eigenvalue weighted by molar-refractivity contribution is 7.00. The van der Waals surface area contributed by atoms with Crippen molar-refractivity contribution in [3.8, 4) is 0 Å². The fraction of sp³-hybridized carbons (Fsp3) is 0.286. The molecule has 1 N–H and O–H groups in total. The van der Waals surface area contributed by atoms with Crippen molar-refractivity contribution in [2.24, 2.45) is 0 Å². The van der Waals surface area contributed by atoms with Crippen molar-refractivity contribution < 1.29 is 0 Å². The Morgan fingerprint density at radius 2 is 2.33 bits per heavy atom. The summed E-state index contributed by atoms with van der Waals surface area (Å²) in [5, 5.41) is 3.27. The molecular weight excluding hydrogens is 172 g/mol. The number of pyridine rings is 1. The molecule has 60 valence electrons. The largest absolute Gasteiger partial charge is 0.308 e. The zero-order chi connectivity index (χ0) is 7.97. The van der Waals surface area contributed by atoms with Gasteiger partial charge in [-0.1, -0.05) is 0 Å². The smallest absolute Gasteiger partial charge is 0.193 e. The molecule has 0 saturated carbocycles. The van der Waals surface area contributed by atoms with Crippen molar-refractivity contribution in [2.75, 3.05) is 0 Å².